The van der Waals surface area contributed by atoms with Crippen LogP contribution in [0.25, 0.3) is 6.08 Å². The van der Waals surface area contributed by atoms with E-state index in [1.54, 1.807) is 6.92 Å². The van der Waals surface area contributed by atoms with Gasteiger partial charge in [0.15, 0.2) is 0 Å². The number of rotatable bonds is 4. The minimum absolute atomic E-state index is 0.129. The summed E-state index contributed by atoms with van der Waals surface area (Å²) in [6, 6.07) is 4.02. The summed E-state index contributed by atoms with van der Waals surface area (Å²) >= 11 is 1.24. The fraction of sp³-hybridized carbons (Fsp3) is 0.0714. The minimum atomic E-state index is -1.16. The molecule has 21 heavy (non-hydrogen) atoms. The molecule has 1 aromatic carbocycles. The third-order valence-electron chi connectivity index (χ3n) is 2.51. The van der Waals surface area contributed by atoms with E-state index >= 15 is 0 Å². The van der Waals surface area contributed by atoms with Crippen LogP contribution >= 0.6 is 11.3 Å². The fourth-order valence-corrected chi connectivity index (χ4v) is 2.23. The molecule has 7 heteroatoms. The molecule has 0 bridgehead atoms. The lowest BCUT2D eigenvalue weighted by Gasteiger charge is -2.05. The summed E-state index contributed by atoms with van der Waals surface area (Å²) in [7, 11) is 0. The standard InChI is InChI=1S/C14H11FN2O3S/c1-8-16-7-12(21-8)14(20)17-10-4-2-9(11(15)6-10)3-5-13(18)19/h2-7H,1H3,(H,17,20)(H,18,19)/b5-3+. The molecular weight excluding hydrogens is 295 g/mol. The van der Waals surface area contributed by atoms with Crippen molar-refractivity contribution in [2.75, 3.05) is 5.32 Å². The molecule has 1 aromatic heterocycles. The lowest BCUT2D eigenvalue weighted by atomic mass is 10.1. The average molecular weight is 306 g/mol. The molecule has 0 unspecified atom stereocenters. The van der Waals surface area contributed by atoms with E-state index in [9.17, 15) is 14.0 Å². The van der Waals surface area contributed by atoms with E-state index < -0.39 is 11.8 Å². The third-order valence-corrected chi connectivity index (χ3v) is 3.42. The number of aryl methyl sites for hydroxylation is 1. The Morgan fingerprint density at radius 2 is 2.19 bits per heavy atom. The summed E-state index contributed by atoms with van der Waals surface area (Å²) in [5, 5.41) is 11.8. The summed E-state index contributed by atoms with van der Waals surface area (Å²) in [4.78, 5) is 26.7. The van der Waals surface area contributed by atoms with Gasteiger partial charge in [-0.3, -0.25) is 4.79 Å². The van der Waals surface area contributed by atoms with Crippen LogP contribution in [0.2, 0.25) is 0 Å². The highest BCUT2D eigenvalue weighted by molar-refractivity contribution is 7.13. The highest BCUT2D eigenvalue weighted by Gasteiger charge is 2.10. The van der Waals surface area contributed by atoms with Crippen molar-refractivity contribution < 1.29 is 19.1 Å². The molecule has 108 valence electrons. The van der Waals surface area contributed by atoms with Gasteiger partial charge in [-0.1, -0.05) is 0 Å². The smallest absolute Gasteiger partial charge is 0.328 e. The summed E-state index contributed by atoms with van der Waals surface area (Å²) in [5.74, 6) is -2.15. The number of carboxylic acids is 1. The van der Waals surface area contributed by atoms with E-state index in [0.29, 0.717) is 4.88 Å². The number of amides is 1. The molecule has 0 aliphatic heterocycles. The van der Waals surface area contributed by atoms with E-state index in [1.165, 1.54) is 29.7 Å². The van der Waals surface area contributed by atoms with Crippen molar-refractivity contribution in [3.63, 3.8) is 0 Å². The van der Waals surface area contributed by atoms with E-state index in [4.69, 9.17) is 5.11 Å². The normalized spacial score (nSPS) is 10.8. The van der Waals surface area contributed by atoms with Crippen LogP contribution in [-0.2, 0) is 4.79 Å². The third kappa shape index (κ3) is 3.96. The molecule has 1 heterocycles. The molecule has 0 spiro atoms. The van der Waals surface area contributed by atoms with Crippen LogP contribution in [0.15, 0.2) is 30.5 Å². The van der Waals surface area contributed by atoms with Crippen molar-refractivity contribution >= 4 is 35.0 Å². The van der Waals surface area contributed by atoms with Crippen LogP contribution in [0.1, 0.15) is 20.2 Å². The largest absolute Gasteiger partial charge is 0.478 e. The first-order valence-corrected chi connectivity index (χ1v) is 6.71. The topological polar surface area (TPSA) is 79.3 Å². The molecular formula is C14H11FN2O3S. The zero-order chi connectivity index (χ0) is 15.4. The van der Waals surface area contributed by atoms with Gasteiger partial charge in [-0.25, -0.2) is 14.2 Å². The number of carboxylic acid groups (broad SMARTS) is 1. The maximum absolute atomic E-state index is 13.8. The van der Waals surface area contributed by atoms with E-state index in [-0.39, 0.29) is 17.2 Å². The predicted octanol–water partition coefficient (Wildman–Crippen LogP) is 2.94. The summed E-state index contributed by atoms with van der Waals surface area (Å²) in [6.07, 6.45) is 3.45. The Labute approximate surface area is 123 Å². The number of hydrogen-bond donors (Lipinski definition) is 2. The van der Waals surface area contributed by atoms with Gasteiger partial charge in [0, 0.05) is 17.3 Å². The average Bonchev–Trinajstić information content (AvgIpc) is 2.84. The Kier molecular flexibility index (Phi) is 4.44. The molecule has 1 amide bonds. The SMILES string of the molecule is Cc1ncc(C(=O)Nc2ccc(/C=C/C(=O)O)c(F)c2)s1. The number of carbonyl (C=O) groups excluding carboxylic acids is 1. The number of aliphatic carboxylic acids is 1. The molecule has 0 saturated heterocycles. The van der Waals surface area contributed by atoms with Crippen LogP contribution in [0.4, 0.5) is 10.1 Å². The van der Waals surface area contributed by atoms with Crippen LogP contribution in [0.5, 0.6) is 0 Å². The van der Waals surface area contributed by atoms with E-state index in [1.807, 2.05) is 0 Å². The quantitative estimate of drug-likeness (QED) is 0.851. The summed E-state index contributed by atoms with van der Waals surface area (Å²) in [5.41, 5.74) is 0.417. The number of benzene rings is 1. The van der Waals surface area contributed by atoms with Gasteiger partial charge < -0.3 is 10.4 Å². The van der Waals surface area contributed by atoms with Gasteiger partial charge in [0.05, 0.1) is 11.2 Å². The van der Waals surface area contributed by atoms with Gasteiger partial charge in [-0.05, 0) is 31.2 Å². The first-order valence-electron chi connectivity index (χ1n) is 5.90. The number of thiazole rings is 1. The molecule has 2 aromatic rings. The second-order valence-electron chi connectivity index (χ2n) is 4.11. The van der Waals surface area contributed by atoms with Crippen LogP contribution in [0.3, 0.4) is 0 Å². The number of halogens is 1. The molecule has 2 rings (SSSR count). The molecule has 0 aliphatic rings. The van der Waals surface area contributed by atoms with Gasteiger partial charge in [0.1, 0.15) is 10.7 Å². The van der Waals surface area contributed by atoms with Crippen LogP contribution in [-0.4, -0.2) is 22.0 Å². The van der Waals surface area contributed by atoms with Crippen LogP contribution in [0, 0.1) is 12.7 Å². The molecule has 5 nitrogen and oxygen atoms in total. The van der Waals surface area contributed by atoms with Gasteiger partial charge in [-0.15, -0.1) is 11.3 Å². The zero-order valence-electron chi connectivity index (χ0n) is 11.0. The number of nitrogens with one attached hydrogen (secondary N) is 1. The highest BCUT2D eigenvalue weighted by Crippen LogP contribution is 2.18. The number of carbonyl (C=O) groups is 2. The monoisotopic (exact) mass is 306 g/mol. The number of aromatic nitrogens is 1. The zero-order valence-corrected chi connectivity index (χ0v) is 11.8. The lowest BCUT2D eigenvalue weighted by molar-refractivity contribution is -0.131. The maximum atomic E-state index is 13.8. The summed E-state index contributed by atoms with van der Waals surface area (Å²) < 4.78 is 13.8. The number of nitrogens with zero attached hydrogens (tertiary/aromatic N) is 1. The van der Waals surface area contributed by atoms with Gasteiger partial charge >= 0.3 is 5.97 Å². The first kappa shape index (κ1) is 14.9. The molecule has 0 saturated carbocycles. The summed E-state index contributed by atoms with van der Waals surface area (Å²) in [6.45, 7) is 1.78. The molecule has 0 fully saturated rings. The van der Waals surface area contributed by atoms with Gasteiger partial charge in [0.25, 0.3) is 5.91 Å². The molecule has 0 atom stereocenters. The van der Waals surface area contributed by atoms with Gasteiger partial charge in [0.2, 0.25) is 0 Å². The van der Waals surface area contributed by atoms with Crippen molar-refractivity contribution in [1.29, 1.82) is 0 Å². The number of anilines is 1. The Morgan fingerprint density at radius 3 is 2.76 bits per heavy atom. The Hall–Kier alpha value is -2.54. The maximum Gasteiger partial charge on any atom is 0.328 e. The molecule has 2 N–H and O–H groups in total. The van der Waals surface area contributed by atoms with Gasteiger partial charge in [-0.2, -0.15) is 0 Å². The van der Waals surface area contributed by atoms with Crippen LogP contribution < -0.4 is 5.32 Å². The molecule has 0 radical (unpaired) electrons. The fourth-order valence-electron chi connectivity index (χ4n) is 1.56. The predicted molar refractivity (Wildman–Crippen MR) is 77.9 cm³/mol. The second-order valence-corrected chi connectivity index (χ2v) is 5.34. The van der Waals surface area contributed by atoms with Crippen molar-refractivity contribution in [1.82, 2.24) is 4.98 Å². The lowest BCUT2D eigenvalue weighted by Crippen LogP contribution is -2.10. The van der Waals surface area contributed by atoms with Crippen molar-refractivity contribution in [3.8, 4) is 0 Å². The number of hydrogen-bond acceptors (Lipinski definition) is 4. The highest BCUT2D eigenvalue weighted by atomic mass is 32.1. The minimum Gasteiger partial charge on any atom is -0.478 e. The first-order chi connectivity index (χ1) is 9.95. The van der Waals surface area contributed by atoms with Crippen molar-refractivity contribution in [3.05, 3.63) is 51.7 Å². The van der Waals surface area contributed by atoms with Crippen molar-refractivity contribution in [2.45, 2.75) is 6.92 Å². The van der Waals surface area contributed by atoms with Crippen molar-refractivity contribution in [2.24, 2.45) is 0 Å². The van der Waals surface area contributed by atoms with E-state index in [0.717, 1.165) is 23.2 Å². The van der Waals surface area contributed by atoms with E-state index in [2.05, 4.69) is 10.3 Å². The molecule has 0 aliphatic carbocycles. The second kappa shape index (κ2) is 6.27. The Balaban J connectivity index is 2.13. The Morgan fingerprint density at radius 1 is 1.43 bits per heavy atom. The Bertz CT molecular complexity index is 725.